The van der Waals surface area contributed by atoms with Gasteiger partial charge in [0, 0.05) is 17.0 Å². The van der Waals surface area contributed by atoms with Crippen molar-refractivity contribution in [2.24, 2.45) is 5.92 Å². The smallest absolute Gasteiger partial charge is 0.119 e. The Morgan fingerprint density at radius 2 is 1.71 bits per heavy atom. The van der Waals surface area contributed by atoms with Crippen LogP contribution in [0.15, 0.2) is 41.8 Å². The lowest BCUT2D eigenvalue weighted by atomic mass is 10.1. The van der Waals surface area contributed by atoms with Crippen molar-refractivity contribution < 1.29 is 4.74 Å². The summed E-state index contributed by atoms with van der Waals surface area (Å²) >= 11 is 1.80. The molecular weight excluding hydrogens is 278 g/mol. The first-order valence-corrected chi connectivity index (χ1v) is 8.46. The molecule has 0 aliphatic carbocycles. The third kappa shape index (κ3) is 4.87. The first-order valence-electron chi connectivity index (χ1n) is 7.58. The maximum Gasteiger partial charge on any atom is 0.119 e. The minimum absolute atomic E-state index is 0.321. The van der Waals surface area contributed by atoms with Crippen LogP contribution >= 0.6 is 11.3 Å². The van der Waals surface area contributed by atoms with Crippen molar-refractivity contribution >= 4 is 11.3 Å². The van der Waals surface area contributed by atoms with E-state index in [4.69, 9.17) is 4.74 Å². The van der Waals surface area contributed by atoms with E-state index in [1.54, 1.807) is 11.3 Å². The van der Waals surface area contributed by atoms with Gasteiger partial charge >= 0.3 is 0 Å². The highest BCUT2D eigenvalue weighted by Gasteiger charge is 2.11. The van der Waals surface area contributed by atoms with Gasteiger partial charge in [0.2, 0.25) is 0 Å². The molecule has 0 bridgehead atoms. The second kappa shape index (κ2) is 7.62. The van der Waals surface area contributed by atoms with E-state index in [2.05, 4.69) is 74.8 Å². The topological polar surface area (TPSA) is 21.3 Å². The van der Waals surface area contributed by atoms with Gasteiger partial charge in [-0.15, -0.1) is 11.3 Å². The third-order valence-electron chi connectivity index (χ3n) is 3.43. The van der Waals surface area contributed by atoms with Crippen molar-refractivity contribution in [1.29, 1.82) is 0 Å². The van der Waals surface area contributed by atoms with Gasteiger partial charge in [-0.05, 0) is 48.9 Å². The van der Waals surface area contributed by atoms with Crippen LogP contribution in [-0.4, -0.2) is 6.61 Å². The van der Waals surface area contributed by atoms with Crippen LogP contribution in [0.4, 0.5) is 0 Å². The van der Waals surface area contributed by atoms with Gasteiger partial charge in [0.05, 0.1) is 6.61 Å². The van der Waals surface area contributed by atoms with E-state index in [9.17, 15) is 0 Å². The van der Waals surface area contributed by atoms with Crippen LogP contribution < -0.4 is 10.1 Å². The van der Waals surface area contributed by atoms with Gasteiger partial charge < -0.3 is 10.1 Å². The lowest BCUT2D eigenvalue weighted by molar-refractivity contribution is 0.271. The highest BCUT2D eigenvalue weighted by atomic mass is 32.1. The lowest BCUT2D eigenvalue weighted by Gasteiger charge is -2.20. The average molecular weight is 303 g/mol. The summed E-state index contributed by atoms with van der Waals surface area (Å²) in [5.74, 6) is 1.50. The Balaban J connectivity index is 1.91. The summed E-state index contributed by atoms with van der Waals surface area (Å²) in [4.78, 5) is 1.37. The second-order valence-electron chi connectivity index (χ2n) is 5.90. The third-order valence-corrected chi connectivity index (χ3v) is 4.49. The molecule has 0 saturated carbocycles. The van der Waals surface area contributed by atoms with Crippen LogP contribution in [-0.2, 0) is 0 Å². The van der Waals surface area contributed by atoms with Crippen LogP contribution in [0.1, 0.15) is 50.2 Å². The SMILES string of the molecule is CC(C)COc1ccc(C(C)NC(C)c2cccs2)cc1. The molecule has 1 aromatic carbocycles. The number of hydrogen-bond acceptors (Lipinski definition) is 3. The molecule has 0 radical (unpaired) electrons. The highest BCUT2D eigenvalue weighted by Crippen LogP contribution is 2.24. The second-order valence-corrected chi connectivity index (χ2v) is 6.88. The van der Waals surface area contributed by atoms with E-state index >= 15 is 0 Å². The molecule has 1 aromatic heterocycles. The van der Waals surface area contributed by atoms with E-state index in [1.807, 2.05) is 0 Å². The molecule has 2 atom stereocenters. The largest absolute Gasteiger partial charge is 0.493 e. The maximum atomic E-state index is 5.72. The van der Waals surface area contributed by atoms with Gasteiger partial charge in [-0.3, -0.25) is 0 Å². The van der Waals surface area contributed by atoms with Crippen LogP contribution in [0.25, 0.3) is 0 Å². The first kappa shape index (κ1) is 16.1. The van der Waals surface area contributed by atoms with Gasteiger partial charge in [-0.2, -0.15) is 0 Å². The monoisotopic (exact) mass is 303 g/mol. The molecule has 0 aliphatic heterocycles. The van der Waals surface area contributed by atoms with Crippen molar-refractivity contribution in [3.05, 3.63) is 52.2 Å². The number of rotatable bonds is 7. The van der Waals surface area contributed by atoms with E-state index < -0.39 is 0 Å². The van der Waals surface area contributed by atoms with Crippen molar-refractivity contribution in [1.82, 2.24) is 5.32 Å². The Kier molecular flexibility index (Phi) is 5.83. The van der Waals surface area contributed by atoms with E-state index in [1.165, 1.54) is 10.4 Å². The summed E-state index contributed by atoms with van der Waals surface area (Å²) in [5.41, 5.74) is 1.29. The van der Waals surface area contributed by atoms with Crippen LogP contribution in [0, 0.1) is 5.92 Å². The zero-order valence-electron chi connectivity index (χ0n) is 13.3. The van der Waals surface area contributed by atoms with Crippen LogP contribution in [0.3, 0.4) is 0 Å². The average Bonchev–Trinajstić information content (AvgIpc) is 3.00. The van der Waals surface area contributed by atoms with Crippen molar-refractivity contribution in [3.63, 3.8) is 0 Å². The Hall–Kier alpha value is -1.32. The van der Waals surface area contributed by atoms with Crippen LogP contribution in [0.2, 0.25) is 0 Å². The van der Waals surface area contributed by atoms with Crippen molar-refractivity contribution in [2.75, 3.05) is 6.61 Å². The fraction of sp³-hybridized carbons (Fsp3) is 0.444. The van der Waals surface area contributed by atoms with Gasteiger partial charge in [-0.25, -0.2) is 0 Å². The molecule has 1 N–H and O–H groups in total. The van der Waals surface area contributed by atoms with Gasteiger partial charge in [-0.1, -0.05) is 32.0 Å². The fourth-order valence-electron chi connectivity index (χ4n) is 2.21. The lowest BCUT2D eigenvalue weighted by Crippen LogP contribution is -2.21. The Morgan fingerprint density at radius 3 is 2.29 bits per heavy atom. The van der Waals surface area contributed by atoms with Crippen molar-refractivity contribution in [2.45, 2.75) is 39.8 Å². The normalized spacial score (nSPS) is 14.1. The molecular formula is C18H25NOS. The Bertz CT molecular complexity index is 519. The molecule has 2 nitrogen and oxygen atoms in total. The molecule has 2 unspecified atom stereocenters. The molecule has 0 fully saturated rings. The predicted molar refractivity (Wildman–Crippen MR) is 91.1 cm³/mol. The van der Waals surface area contributed by atoms with Gasteiger partial charge in [0.1, 0.15) is 5.75 Å². The molecule has 3 heteroatoms. The molecule has 0 saturated heterocycles. The standard InChI is InChI=1S/C18H25NOS/c1-13(2)12-20-17-9-7-16(8-10-17)14(3)19-15(4)18-6-5-11-21-18/h5-11,13-15,19H,12H2,1-4H3. The highest BCUT2D eigenvalue weighted by molar-refractivity contribution is 7.10. The van der Waals surface area contributed by atoms with E-state index in [-0.39, 0.29) is 0 Å². The minimum Gasteiger partial charge on any atom is -0.493 e. The molecule has 0 aliphatic rings. The zero-order valence-corrected chi connectivity index (χ0v) is 14.1. The summed E-state index contributed by atoms with van der Waals surface area (Å²) < 4.78 is 5.72. The molecule has 0 spiro atoms. The minimum atomic E-state index is 0.321. The zero-order chi connectivity index (χ0) is 15.2. The molecule has 21 heavy (non-hydrogen) atoms. The maximum absolute atomic E-state index is 5.72. The Labute approximate surface area is 132 Å². The number of nitrogens with one attached hydrogen (secondary N) is 1. The van der Waals surface area contributed by atoms with E-state index in [0.29, 0.717) is 18.0 Å². The summed E-state index contributed by atoms with van der Waals surface area (Å²) in [6.07, 6.45) is 0. The summed E-state index contributed by atoms with van der Waals surface area (Å²) in [5, 5.41) is 5.76. The number of hydrogen-bond donors (Lipinski definition) is 1. The fourth-order valence-corrected chi connectivity index (χ4v) is 2.95. The molecule has 2 rings (SSSR count). The number of ether oxygens (including phenoxy) is 1. The van der Waals surface area contributed by atoms with E-state index in [0.717, 1.165) is 12.4 Å². The van der Waals surface area contributed by atoms with Crippen molar-refractivity contribution in [3.8, 4) is 5.75 Å². The molecule has 1 heterocycles. The molecule has 0 amide bonds. The van der Waals surface area contributed by atoms with Gasteiger partial charge in [0.25, 0.3) is 0 Å². The Morgan fingerprint density at radius 1 is 1.00 bits per heavy atom. The van der Waals surface area contributed by atoms with Gasteiger partial charge in [0.15, 0.2) is 0 Å². The number of benzene rings is 1. The van der Waals surface area contributed by atoms with Crippen LogP contribution in [0.5, 0.6) is 5.75 Å². The molecule has 2 aromatic rings. The first-order chi connectivity index (χ1) is 10.1. The summed E-state index contributed by atoms with van der Waals surface area (Å²) in [7, 11) is 0. The number of thiophene rings is 1. The summed E-state index contributed by atoms with van der Waals surface area (Å²) in [6.45, 7) is 9.50. The predicted octanol–water partition coefficient (Wildman–Crippen LogP) is 5.19. The summed E-state index contributed by atoms with van der Waals surface area (Å²) in [6, 6.07) is 13.4. The quantitative estimate of drug-likeness (QED) is 0.759. The molecule has 114 valence electrons.